The molecule has 0 aromatic carbocycles. The second kappa shape index (κ2) is 28.5. The van der Waals surface area contributed by atoms with E-state index < -0.39 is 0 Å². The monoisotopic (exact) mass is 452 g/mol. The van der Waals surface area contributed by atoms with Gasteiger partial charge >= 0.3 is 5.97 Å². The summed E-state index contributed by atoms with van der Waals surface area (Å²) in [6.07, 6.45) is 34.3. The molecule has 0 spiro atoms. The fraction of sp³-hybridized carbons (Fsp3) is 0.967. The van der Waals surface area contributed by atoms with Crippen molar-refractivity contribution in [3.05, 3.63) is 0 Å². The van der Waals surface area contributed by atoms with Crippen LogP contribution in [0.4, 0.5) is 0 Å². The number of carbonyl (C=O) groups excluding carboxylic acids is 1. The molecule has 32 heavy (non-hydrogen) atoms. The van der Waals surface area contributed by atoms with Crippen molar-refractivity contribution in [2.75, 3.05) is 6.61 Å². The smallest absolute Gasteiger partial charge is 0.305 e. The molecule has 0 unspecified atom stereocenters. The summed E-state index contributed by atoms with van der Waals surface area (Å²) in [5.74, 6) is 0.0208. The molecule has 0 aliphatic carbocycles. The molecule has 0 atom stereocenters. The van der Waals surface area contributed by atoms with Crippen molar-refractivity contribution in [2.24, 2.45) is 0 Å². The molecule has 192 valence electrons. The molecule has 0 amide bonds. The second-order valence-corrected chi connectivity index (χ2v) is 10.1. The number of ether oxygens (including phenoxy) is 1. The zero-order valence-electron chi connectivity index (χ0n) is 22.4. The van der Waals surface area contributed by atoms with E-state index in [1.54, 1.807) is 0 Å². The molecule has 0 aromatic rings. The summed E-state index contributed by atoms with van der Waals surface area (Å²) in [6.45, 7) is 5.18. The fourth-order valence-corrected chi connectivity index (χ4v) is 4.49. The van der Waals surface area contributed by atoms with E-state index in [0.717, 1.165) is 12.8 Å². The number of unbranched alkanes of at least 4 members (excludes halogenated alkanes) is 23. The van der Waals surface area contributed by atoms with E-state index in [1.165, 1.54) is 148 Å². The molecule has 0 aliphatic heterocycles. The van der Waals surface area contributed by atoms with Crippen LogP contribution in [0.3, 0.4) is 0 Å². The van der Waals surface area contributed by atoms with Gasteiger partial charge in [-0.1, -0.05) is 162 Å². The molecule has 0 radical (unpaired) electrons. The van der Waals surface area contributed by atoms with Crippen LogP contribution in [-0.2, 0) is 9.53 Å². The summed E-state index contributed by atoms with van der Waals surface area (Å²) in [7, 11) is 0. The lowest BCUT2D eigenvalue weighted by molar-refractivity contribution is -0.143. The highest BCUT2D eigenvalue weighted by molar-refractivity contribution is 5.69. The summed E-state index contributed by atoms with van der Waals surface area (Å²) in [5.41, 5.74) is 0. The van der Waals surface area contributed by atoms with Gasteiger partial charge in [0.1, 0.15) is 0 Å². The van der Waals surface area contributed by atoms with Gasteiger partial charge in [0.05, 0.1) is 6.61 Å². The van der Waals surface area contributed by atoms with Gasteiger partial charge in [-0.3, -0.25) is 4.79 Å². The summed E-state index contributed by atoms with van der Waals surface area (Å²) < 4.78 is 5.39. The summed E-state index contributed by atoms with van der Waals surface area (Å²) in [4.78, 5) is 11.8. The molecule has 0 fully saturated rings. The standard InChI is InChI=1S/C30H60O2/c1-3-5-7-9-11-13-14-15-16-17-18-19-20-21-23-25-27-29-32-30(31)28-26-24-22-12-10-8-6-4-2/h3-29H2,1-2H3. The van der Waals surface area contributed by atoms with Crippen molar-refractivity contribution in [3.63, 3.8) is 0 Å². The molecule has 0 aromatic heterocycles. The van der Waals surface area contributed by atoms with Gasteiger partial charge < -0.3 is 4.74 Å². The lowest BCUT2D eigenvalue weighted by Crippen LogP contribution is -2.05. The minimum Gasteiger partial charge on any atom is -0.466 e. The molecule has 2 nitrogen and oxygen atoms in total. The number of rotatable bonds is 27. The Labute approximate surface area is 203 Å². The average Bonchev–Trinajstić information content (AvgIpc) is 2.80. The topological polar surface area (TPSA) is 26.3 Å². The van der Waals surface area contributed by atoms with Gasteiger partial charge in [0, 0.05) is 6.42 Å². The van der Waals surface area contributed by atoms with Crippen LogP contribution < -0.4 is 0 Å². The van der Waals surface area contributed by atoms with E-state index in [-0.39, 0.29) is 5.97 Å². The lowest BCUT2D eigenvalue weighted by atomic mass is 10.0. The molecular formula is C30H60O2. The maximum Gasteiger partial charge on any atom is 0.305 e. The third kappa shape index (κ3) is 27.5. The third-order valence-electron chi connectivity index (χ3n) is 6.75. The second-order valence-electron chi connectivity index (χ2n) is 10.1. The lowest BCUT2D eigenvalue weighted by Gasteiger charge is -2.06. The van der Waals surface area contributed by atoms with Gasteiger partial charge in [0.15, 0.2) is 0 Å². The van der Waals surface area contributed by atoms with E-state index in [1.807, 2.05) is 0 Å². The van der Waals surface area contributed by atoms with Crippen molar-refractivity contribution in [1.29, 1.82) is 0 Å². The highest BCUT2D eigenvalue weighted by atomic mass is 16.5. The predicted molar refractivity (Wildman–Crippen MR) is 142 cm³/mol. The van der Waals surface area contributed by atoms with Gasteiger partial charge in [-0.2, -0.15) is 0 Å². The Kier molecular flexibility index (Phi) is 28.0. The molecule has 0 rings (SSSR count). The normalized spacial score (nSPS) is 11.2. The van der Waals surface area contributed by atoms with Crippen LogP contribution in [0.5, 0.6) is 0 Å². The van der Waals surface area contributed by atoms with Crippen LogP contribution in [0.15, 0.2) is 0 Å². The van der Waals surface area contributed by atoms with Crippen molar-refractivity contribution in [2.45, 2.75) is 181 Å². The van der Waals surface area contributed by atoms with Gasteiger partial charge in [0.2, 0.25) is 0 Å². The van der Waals surface area contributed by atoms with E-state index in [4.69, 9.17) is 4.74 Å². The van der Waals surface area contributed by atoms with Crippen LogP contribution in [0.2, 0.25) is 0 Å². The number of esters is 1. The molecule has 0 saturated carbocycles. The van der Waals surface area contributed by atoms with E-state index in [2.05, 4.69) is 13.8 Å². The first kappa shape index (κ1) is 31.5. The minimum atomic E-state index is 0.0208. The largest absolute Gasteiger partial charge is 0.466 e. The van der Waals surface area contributed by atoms with Crippen molar-refractivity contribution in [3.8, 4) is 0 Å². The van der Waals surface area contributed by atoms with Gasteiger partial charge in [-0.15, -0.1) is 0 Å². The fourth-order valence-electron chi connectivity index (χ4n) is 4.49. The third-order valence-corrected chi connectivity index (χ3v) is 6.75. The Balaban J connectivity index is 3.11. The minimum absolute atomic E-state index is 0.0208. The maximum absolute atomic E-state index is 11.8. The highest BCUT2D eigenvalue weighted by Crippen LogP contribution is 2.14. The van der Waals surface area contributed by atoms with Gasteiger partial charge in [0.25, 0.3) is 0 Å². The Bertz CT molecular complexity index is 353. The van der Waals surface area contributed by atoms with E-state index >= 15 is 0 Å². The predicted octanol–water partition coefficient (Wildman–Crippen LogP) is 10.7. The molecule has 0 aliphatic rings. The maximum atomic E-state index is 11.8. The summed E-state index contributed by atoms with van der Waals surface area (Å²) >= 11 is 0. The Morgan fingerprint density at radius 3 is 1.03 bits per heavy atom. The van der Waals surface area contributed by atoms with Gasteiger partial charge in [-0.25, -0.2) is 0 Å². The Morgan fingerprint density at radius 1 is 0.406 bits per heavy atom. The van der Waals surface area contributed by atoms with Crippen molar-refractivity contribution in [1.82, 2.24) is 0 Å². The summed E-state index contributed by atoms with van der Waals surface area (Å²) in [5, 5.41) is 0. The van der Waals surface area contributed by atoms with Crippen molar-refractivity contribution >= 4 is 5.97 Å². The zero-order valence-corrected chi connectivity index (χ0v) is 22.4. The highest BCUT2D eigenvalue weighted by Gasteiger charge is 2.02. The molecule has 0 N–H and O–H groups in total. The van der Waals surface area contributed by atoms with Gasteiger partial charge in [-0.05, 0) is 12.8 Å². The van der Waals surface area contributed by atoms with E-state index in [0.29, 0.717) is 13.0 Å². The quantitative estimate of drug-likeness (QED) is 0.0914. The first-order chi connectivity index (χ1) is 15.8. The molecule has 2 heteroatoms. The average molecular weight is 453 g/mol. The first-order valence-electron chi connectivity index (χ1n) is 15.0. The van der Waals surface area contributed by atoms with Crippen LogP contribution in [-0.4, -0.2) is 12.6 Å². The van der Waals surface area contributed by atoms with Crippen molar-refractivity contribution < 1.29 is 9.53 Å². The number of hydrogen-bond acceptors (Lipinski definition) is 2. The SMILES string of the molecule is CCCCCCCCCCCCCCCCCCCOC(=O)CCCCCCCCCC. The summed E-state index contributed by atoms with van der Waals surface area (Å²) in [6, 6.07) is 0. The first-order valence-corrected chi connectivity index (χ1v) is 15.0. The number of hydrogen-bond donors (Lipinski definition) is 0. The molecule has 0 heterocycles. The number of carbonyl (C=O) groups is 1. The van der Waals surface area contributed by atoms with Crippen LogP contribution in [0.1, 0.15) is 181 Å². The Hall–Kier alpha value is -0.530. The Morgan fingerprint density at radius 2 is 0.688 bits per heavy atom. The van der Waals surface area contributed by atoms with Crippen LogP contribution >= 0.6 is 0 Å². The zero-order chi connectivity index (χ0) is 23.4. The van der Waals surface area contributed by atoms with E-state index in [9.17, 15) is 4.79 Å². The molecule has 0 saturated heterocycles. The van der Waals surface area contributed by atoms with Crippen LogP contribution in [0.25, 0.3) is 0 Å². The van der Waals surface area contributed by atoms with Crippen LogP contribution in [0, 0.1) is 0 Å². The molecular weight excluding hydrogens is 392 g/mol. The molecule has 0 bridgehead atoms.